The van der Waals surface area contributed by atoms with Crippen LogP contribution in [0.1, 0.15) is 56.9 Å². The van der Waals surface area contributed by atoms with Gasteiger partial charge in [-0.15, -0.1) is 0 Å². The zero-order valence-corrected chi connectivity index (χ0v) is 15.7. The average Bonchev–Trinajstić information content (AvgIpc) is 2.68. The fourth-order valence-corrected chi connectivity index (χ4v) is 3.89. The lowest BCUT2D eigenvalue weighted by Crippen LogP contribution is -2.45. The van der Waals surface area contributed by atoms with Gasteiger partial charge in [0, 0.05) is 38.3 Å². The molecule has 1 atom stereocenters. The van der Waals surface area contributed by atoms with Crippen molar-refractivity contribution < 1.29 is 19.4 Å². The van der Waals surface area contributed by atoms with Crippen molar-refractivity contribution in [2.45, 2.75) is 64.0 Å². The Bertz CT molecular complexity index is 629. The van der Waals surface area contributed by atoms with Crippen LogP contribution in [-0.4, -0.2) is 46.2 Å². The minimum absolute atomic E-state index is 0.0416. The highest BCUT2D eigenvalue weighted by Gasteiger charge is 2.25. The van der Waals surface area contributed by atoms with Crippen LogP contribution in [0.3, 0.4) is 0 Å². The van der Waals surface area contributed by atoms with Crippen molar-refractivity contribution >= 4 is 12.0 Å². The van der Waals surface area contributed by atoms with E-state index in [1.165, 1.54) is 19.3 Å². The molecule has 0 radical (unpaired) electrons. The summed E-state index contributed by atoms with van der Waals surface area (Å²) in [4.78, 5) is 29.3. The molecule has 3 rings (SSSR count). The predicted molar refractivity (Wildman–Crippen MR) is 101 cm³/mol. The molecule has 7 nitrogen and oxygen atoms in total. The number of pyridine rings is 1. The number of carbonyl (C=O) groups is 2. The minimum atomic E-state index is -0.802. The Morgan fingerprint density at radius 2 is 2.00 bits per heavy atom. The number of aromatic nitrogens is 1. The van der Waals surface area contributed by atoms with Crippen molar-refractivity contribution in [2.75, 3.05) is 13.1 Å². The normalized spacial score (nSPS) is 20.9. The highest BCUT2D eigenvalue weighted by atomic mass is 16.5. The number of carboxylic acid groups (broad SMARTS) is 1. The zero-order valence-electron chi connectivity index (χ0n) is 15.7. The molecule has 1 aromatic heterocycles. The summed E-state index contributed by atoms with van der Waals surface area (Å²) in [6, 6.07) is 3.64. The number of piperidine rings is 1. The number of amides is 2. The molecule has 0 spiro atoms. The molecule has 1 saturated carbocycles. The maximum atomic E-state index is 12.4. The van der Waals surface area contributed by atoms with Crippen LogP contribution in [0.25, 0.3) is 0 Å². The van der Waals surface area contributed by atoms with Crippen LogP contribution < -0.4 is 10.1 Å². The molecule has 27 heavy (non-hydrogen) atoms. The van der Waals surface area contributed by atoms with Gasteiger partial charge < -0.3 is 20.1 Å². The van der Waals surface area contributed by atoms with Gasteiger partial charge in [-0.1, -0.05) is 12.5 Å². The molecule has 1 saturated heterocycles. The summed E-state index contributed by atoms with van der Waals surface area (Å²) in [5.74, 6) is -0.117. The summed E-state index contributed by atoms with van der Waals surface area (Å²) in [7, 11) is 0. The van der Waals surface area contributed by atoms with Crippen molar-refractivity contribution in [2.24, 2.45) is 5.92 Å². The standard InChI is InChI=1S/C20H29N3O4/c24-19(25)11-15-5-4-10-23(14-15)20(26)22-13-16-8-9-18(21-12-16)27-17-6-2-1-3-7-17/h8-9,12,15,17H,1-7,10-11,13-14H2,(H,22,26)(H,24,25). The molecule has 2 amide bonds. The predicted octanol–water partition coefficient (Wildman–Crippen LogP) is 3.19. The second kappa shape index (κ2) is 9.58. The first-order valence-corrected chi connectivity index (χ1v) is 9.96. The number of hydrogen-bond acceptors (Lipinski definition) is 4. The molecule has 7 heteroatoms. The van der Waals surface area contributed by atoms with E-state index in [-0.39, 0.29) is 24.5 Å². The average molecular weight is 375 g/mol. The van der Waals surface area contributed by atoms with Gasteiger partial charge in [0.2, 0.25) is 5.88 Å². The van der Waals surface area contributed by atoms with Crippen LogP contribution >= 0.6 is 0 Å². The minimum Gasteiger partial charge on any atom is -0.481 e. The van der Waals surface area contributed by atoms with Gasteiger partial charge in [0.25, 0.3) is 0 Å². The lowest BCUT2D eigenvalue weighted by atomic mass is 9.95. The number of urea groups is 1. The smallest absolute Gasteiger partial charge is 0.317 e. The zero-order chi connectivity index (χ0) is 19.1. The first-order valence-electron chi connectivity index (χ1n) is 9.96. The van der Waals surface area contributed by atoms with E-state index in [9.17, 15) is 9.59 Å². The van der Waals surface area contributed by atoms with E-state index in [1.807, 2.05) is 12.1 Å². The van der Waals surface area contributed by atoms with Crippen molar-refractivity contribution in [1.29, 1.82) is 0 Å². The lowest BCUT2D eigenvalue weighted by molar-refractivity contribution is -0.138. The topological polar surface area (TPSA) is 91.8 Å². The number of rotatable bonds is 6. The van der Waals surface area contributed by atoms with Crippen molar-refractivity contribution in [3.8, 4) is 5.88 Å². The first kappa shape index (κ1) is 19.5. The summed E-state index contributed by atoms with van der Waals surface area (Å²) in [6.45, 7) is 1.58. The van der Waals surface area contributed by atoms with Crippen molar-refractivity contribution in [3.05, 3.63) is 23.9 Å². The number of aliphatic carboxylic acids is 1. The molecule has 1 aliphatic heterocycles. The largest absolute Gasteiger partial charge is 0.481 e. The van der Waals surface area contributed by atoms with Gasteiger partial charge in [-0.2, -0.15) is 0 Å². The Morgan fingerprint density at radius 1 is 1.19 bits per heavy atom. The van der Waals surface area contributed by atoms with Gasteiger partial charge in [0.1, 0.15) is 6.10 Å². The van der Waals surface area contributed by atoms with Gasteiger partial charge in [0.05, 0.1) is 0 Å². The fourth-order valence-electron chi connectivity index (χ4n) is 3.89. The summed E-state index contributed by atoms with van der Waals surface area (Å²) < 4.78 is 5.92. The molecule has 2 N–H and O–H groups in total. The highest BCUT2D eigenvalue weighted by Crippen LogP contribution is 2.22. The second-order valence-corrected chi connectivity index (χ2v) is 7.59. The molecular weight excluding hydrogens is 346 g/mol. The van der Waals surface area contributed by atoms with Gasteiger partial charge in [0.15, 0.2) is 0 Å². The molecule has 2 fully saturated rings. The highest BCUT2D eigenvalue weighted by molar-refractivity contribution is 5.74. The third-order valence-electron chi connectivity index (χ3n) is 5.35. The number of carbonyl (C=O) groups excluding carboxylic acids is 1. The Morgan fingerprint density at radius 3 is 2.70 bits per heavy atom. The van der Waals surface area contributed by atoms with Crippen LogP contribution in [0.15, 0.2) is 18.3 Å². The van der Waals surface area contributed by atoms with Crippen molar-refractivity contribution in [1.82, 2.24) is 15.2 Å². The number of likely N-dealkylation sites (tertiary alicyclic amines) is 1. The first-order chi connectivity index (χ1) is 13.1. The maximum absolute atomic E-state index is 12.4. The Kier molecular flexibility index (Phi) is 6.90. The summed E-state index contributed by atoms with van der Waals surface area (Å²) in [6.07, 6.45) is 9.77. The number of nitrogens with zero attached hydrogens (tertiary/aromatic N) is 2. The Labute approximate surface area is 160 Å². The second-order valence-electron chi connectivity index (χ2n) is 7.59. The van der Waals surface area contributed by atoms with Gasteiger partial charge in [-0.05, 0) is 50.0 Å². The maximum Gasteiger partial charge on any atom is 0.317 e. The van der Waals surface area contributed by atoms with Crippen LogP contribution in [0.5, 0.6) is 5.88 Å². The number of carboxylic acids is 1. The van der Waals surface area contributed by atoms with Gasteiger partial charge in [-0.25, -0.2) is 9.78 Å². The molecule has 2 heterocycles. The summed E-state index contributed by atoms with van der Waals surface area (Å²) >= 11 is 0. The summed E-state index contributed by atoms with van der Waals surface area (Å²) in [5, 5.41) is 11.8. The van der Waals surface area contributed by atoms with Crippen LogP contribution in [0.4, 0.5) is 4.79 Å². The van der Waals surface area contributed by atoms with E-state index < -0.39 is 5.97 Å². The van der Waals surface area contributed by atoms with Crippen LogP contribution in [-0.2, 0) is 11.3 Å². The fraction of sp³-hybridized carbons (Fsp3) is 0.650. The lowest BCUT2D eigenvalue weighted by Gasteiger charge is -2.32. The Hall–Kier alpha value is -2.31. The monoisotopic (exact) mass is 375 g/mol. The van der Waals surface area contributed by atoms with E-state index in [0.29, 0.717) is 25.5 Å². The molecule has 1 aromatic rings. The van der Waals surface area contributed by atoms with E-state index in [2.05, 4.69) is 10.3 Å². The number of ether oxygens (including phenoxy) is 1. The molecule has 1 unspecified atom stereocenters. The molecule has 2 aliphatic rings. The third kappa shape index (κ3) is 6.12. The van der Waals surface area contributed by atoms with Crippen LogP contribution in [0.2, 0.25) is 0 Å². The molecule has 148 valence electrons. The van der Waals surface area contributed by atoms with E-state index in [1.54, 1.807) is 11.1 Å². The molecule has 0 bridgehead atoms. The Balaban J connectivity index is 1.43. The molecular formula is C20H29N3O4. The summed E-state index contributed by atoms with van der Waals surface area (Å²) in [5.41, 5.74) is 0.915. The molecule has 1 aliphatic carbocycles. The number of nitrogens with one attached hydrogen (secondary N) is 1. The van der Waals surface area contributed by atoms with Gasteiger partial charge in [-0.3, -0.25) is 4.79 Å². The third-order valence-corrected chi connectivity index (χ3v) is 5.35. The quantitative estimate of drug-likeness (QED) is 0.797. The van der Waals surface area contributed by atoms with Crippen molar-refractivity contribution in [3.63, 3.8) is 0 Å². The molecule has 0 aromatic carbocycles. The van der Waals surface area contributed by atoms with E-state index >= 15 is 0 Å². The SMILES string of the molecule is O=C(O)CC1CCCN(C(=O)NCc2ccc(OC3CCCCC3)nc2)C1. The van der Waals surface area contributed by atoms with E-state index in [4.69, 9.17) is 9.84 Å². The van der Waals surface area contributed by atoms with Gasteiger partial charge >= 0.3 is 12.0 Å². The number of hydrogen-bond donors (Lipinski definition) is 2. The van der Waals surface area contributed by atoms with Crippen LogP contribution in [0, 0.1) is 5.92 Å². The van der Waals surface area contributed by atoms with E-state index in [0.717, 1.165) is 31.2 Å².